The van der Waals surface area contributed by atoms with Crippen LogP contribution >= 0.6 is 0 Å². The van der Waals surface area contributed by atoms with Crippen molar-refractivity contribution in [1.29, 1.82) is 10.5 Å². The molecule has 13 heteroatoms. The predicted octanol–water partition coefficient (Wildman–Crippen LogP) is 5.88. The van der Waals surface area contributed by atoms with Crippen LogP contribution in [0.25, 0.3) is 28.3 Å². The second kappa shape index (κ2) is 15.1. The molecule has 0 aliphatic carbocycles. The van der Waals surface area contributed by atoms with Crippen molar-refractivity contribution in [2.24, 2.45) is 0 Å². The molecular formula is C35H29F3N6O4. The van der Waals surface area contributed by atoms with E-state index in [1.807, 2.05) is 29.2 Å². The minimum absolute atomic E-state index is 0.154. The van der Waals surface area contributed by atoms with Gasteiger partial charge in [-0.3, -0.25) is 10.0 Å². The summed E-state index contributed by atoms with van der Waals surface area (Å²) in [5.41, 5.74) is 4.65. The molecule has 1 aliphatic rings. The first kappa shape index (κ1) is 33.5. The molecule has 1 aromatic heterocycles. The fourth-order valence-electron chi connectivity index (χ4n) is 5.52. The molecule has 10 nitrogen and oxygen atoms in total. The van der Waals surface area contributed by atoms with Crippen LogP contribution < -0.4 is 20.4 Å². The molecule has 4 aromatic rings. The molecule has 4 N–H and O–H groups in total. The van der Waals surface area contributed by atoms with Crippen LogP contribution in [-0.4, -0.2) is 46.9 Å². The van der Waals surface area contributed by atoms with Gasteiger partial charge < -0.3 is 20.1 Å². The number of rotatable bonds is 10. The summed E-state index contributed by atoms with van der Waals surface area (Å²) in [7, 11) is 0. The van der Waals surface area contributed by atoms with E-state index in [-0.39, 0.29) is 17.2 Å². The second-order valence-electron chi connectivity index (χ2n) is 10.9. The van der Waals surface area contributed by atoms with E-state index < -0.39 is 29.8 Å². The number of nitrogens with one attached hydrogen (secondary N) is 2. The summed E-state index contributed by atoms with van der Waals surface area (Å²) < 4.78 is 44.7. The van der Waals surface area contributed by atoms with E-state index in [1.54, 1.807) is 17.6 Å². The summed E-state index contributed by atoms with van der Waals surface area (Å²) in [6.45, 7) is -1.40. The summed E-state index contributed by atoms with van der Waals surface area (Å²) in [6, 6.07) is 19.6. The fourth-order valence-corrected chi connectivity index (χ4v) is 5.52. The van der Waals surface area contributed by atoms with E-state index >= 15 is 0 Å². The predicted molar refractivity (Wildman–Crippen MR) is 170 cm³/mol. The number of aromatic hydroxyl groups is 1. The number of phenols is 1. The second-order valence-corrected chi connectivity index (χ2v) is 10.9. The zero-order chi connectivity index (χ0) is 34.2. The Bertz CT molecular complexity index is 1910. The van der Waals surface area contributed by atoms with Crippen molar-refractivity contribution in [3.05, 3.63) is 101 Å². The van der Waals surface area contributed by atoms with Crippen molar-refractivity contribution < 1.29 is 33.0 Å². The SMILES string of the molecule is N#Cc1ccc(-c2c(-c3ccc(OC(F)F)c(O)c3)cnc(N3CCC(NCc4ccc(/C=C/C(=O)NO)cc4)CC3)c2C#N)cc1F. The summed E-state index contributed by atoms with van der Waals surface area (Å²) >= 11 is 0. The monoisotopic (exact) mass is 654 g/mol. The number of anilines is 1. The van der Waals surface area contributed by atoms with Gasteiger partial charge in [0.1, 0.15) is 29.3 Å². The van der Waals surface area contributed by atoms with Gasteiger partial charge in [-0.25, -0.2) is 14.9 Å². The number of carbonyl (C=O) groups excluding carboxylic acids is 1. The van der Waals surface area contributed by atoms with Crippen LogP contribution in [0, 0.1) is 28.5 Å². The minimum Gasteiger partial charge on any atom is -0.504 e. The number of phenolic OH excluding ortho intramolecular Hbond substituents is 1. The van der Waals surface area contributed by atoms with Crippen molar-refractivity contribution >= 4 is 17.8 Å². The zero-order valence-electron chi connectivity index (χ0n) is 25.3. The smallest absolute Gasteiger partial charge is 0.387 e. The molecule has 0 unspecified atom stereocenters. The largest absolute Gasteiger partial charge is 0.504 e. The van der Waals surface area contributed by atoms with Gasteiger partial charge in [-0.15, -0.1) is 0 Å². The van der Waals surface area contributed by atoms with E-state index in [4.69, 9.17) is 5.21 Å². The number of halogens is 3. The number of pyridine rings is 1. The first-order valence-electron chi connectivity index (χ1n) is 14.8. The van der Waals surface area contributed by atoms with E-state index in [9.17, 15) is 33.6 Å². The highest BCUT2D eigenvalue weighted by molar-refractivity contribution is 5.91. The number of alkyl halides is 2. The number of hydrogen-bond acceptors (Lipinski definition) is 9. The molecule has 1 amide bonds. The number of carbonyl (C=O) groups is 1. The van der Waals surface area contributed by atoms with E-state index in [2.05, 4.69) is 21.1 Å². The van der Waals surface area contributed by atoms with Crippen LogP contribution in [0.4, 0.5) is 19.0 Å². The van der Waals surface area contributed by atoms with E-state index in [0.717, 1.165) is 30.0 Å². The summed E-state index contributed by atoms with van der Waals surface area (Å²) in [4.78, 5) is 17.8. The van der Waals surface area contributed by atoms with Crippen LogP contribution in [0.3, 0.4) is 0 Å². The number of hydroxylamine groups is 1. The molecule has 0 bridgehead atoms. The molecule has 5 rings (SSSR count). The van der Waals surface area contributed by atoms with Gasteiger partial charge in [0.2, 0.25) is 0 Å². The van der Waals surface area contributed by atoms with Crippen LogP contribution in [0.5, 0.6) is 11.5 Å². The molecule has 1 fully saturated rings. The van der Waals surface area contributed by atoms with Crippen molar-refractivity contribution in [2.45, 2.75) is 32.0 Å². The maximum atomic E-state index is 14.8. The molecule has 1 aliphatic heterocycles. The van der Waals surface area contributed by atoms with Crippen LogP contribution in [0.15, 0.2) is 72.9 Å². The summed E-state index contributed by atoms with van der Waals surface area (Å²) in [5, 5.41) is 42.2. The topological polar surface area (TPSA) is 155 Å². The van der Waals surface area contributed by atoms with Crippen molar-refractivity contribution in [3.63, 3.8) is 0 Å². The average molecular weight is 655 g/mol. The van der Waals surface area contributed by atoms with Gasteiger partial charge in [0, 0.05) is 49.1 Å². The molecule has 0 atom stereocenters. The number of amides is 1. The number of nitrogens with zero attached hydrogens (tertiary/aromatic N) is 4. The van der Waals surface area contributed by atoms with Gasteiger partial charge in [0.15, 0.2) is 11.5 Å². The number of nitriles is 2. The Kier molecular flexibility index (Phi) is 10.6. The van der Waals surface area contributed by atoms with Gasteiger partial charge >= 0.3 is 6.61 Å². The number of aromatic nitrogens is 1. The van der Waals surface area contributed by atoms with Gasteiger partial charge in [0.25, 0.3) is 5.91 Å². The number of piperidine rings is 1. The normalized spacial score (nSPS) is 13.4. The van der Waals surface area contributed by atoms with Crippen molar-refractivity contribution in [3.8, 4) is 45.9 Å². The molecule has 48 heavy (non-hydrogen) atoms. The first-order chi connectivity index (χ1) is 23.2. The Labute approximate surface area is 273 Å². The third-order valence-corrected chi connectivity index (χ3v) is 7.94. The molecule has 244 valence electrons. The lowest BCUT2D eigenvalue weighted by Crippen LogP contribution is -2.42. The Morgan fingerprint density at radius 1 is 1.06 bits per heavy atom. The third kappa shape index (κ3) is 7.73. The number of hydrogen-bond donors (Lipinski definition) is 4. The maximum absolute atomic E-state index is 14.8. The fraction of sp³-hybridized carbons (Fsp3) is 0.200. The third-order valence-electron chi connectivity index (χ3n) is 7.94. The maximum Gasteiger partial charge on any atom is 0.387 e. The van der Waals surface area contributed by atoms with Crippen LogP contribution in [0.2, 0.25) is 0 Å². The highest BCUT2D eigenvalue weighted by Crippen LogP contribution is 2.41. The van der Waals surface area contributed by atoms with Crippen molar-refractivity contribution in [1.82, 2.24) is 15.8 Å². The highest BCUT2D eigenvalue weighted by atomic mass is 19.3. The Morgan fingerprint density at radius 3 is 2.42 bits per heavy atom. The van der Waals surface area contributed by atoms with Gasteiger partial charge in [0.05, 0.1) is 5.56 Å². The molecule has 0 spiro atoms. The molecule has 1 saturated heterocycles. The molecule has 3 aromatic carbocycles. The first-order valence-corrected chi connectivity index (χ1v) is 14.8. The summed E-state index contributed by atoms with van der Waals surface area (Å²) in [5.74, 6) is -1.99. The quantitative estimate of drug-likeness (QED) is 0.0932. The lowest BCUT2D eigenvalue weighted by molar-refractivity contribution is -0.124. The zero-order valence-corrected chi connectivity index (χ0v) is 25.3. The van der Waals surface area contributed by atoms with Gasteiger partial charge in [-0.2, -0.15) is 19.3 Å². The standard InChI is InChI=1S/C35H29F3N6O4/c36-29-15-24(6-7-25(29)17-39)33-27(18-40)34(42-20-28(33)23-8-9-31(30(45)16-23)48-35(37)38)44-13-11-26(12-14-44)41-19-22-3-1-21(2-4-22)5-10-32(46)43-47/h1-10,15-16,20,26,35,41,45,47H,11-14,19H2,(H,43,46)/b10-5+. The van der Waals surface area contributed by atoms with Crippen LogP contribution in [-0.2, 0) is 11.3 Å². The lowest BCUT2D eigenvalue weighted by atomic mass is 9.91. The Balaban J connectivity index is 1.37. The molecule has 0 saturated carbocycles. The summed E-state index contributed by atoms with van der Waals surface area (Å²) in [6.07, 6.45) is 5.79. The minimum atomic E-state index is -3.14. The molecule has 2 heterocycles. The highest BCUT2D eigenvalue weighted by Gasteiger charge is 2.26. The molecular weight excluding hydrogens is 625 g/mol. The van der Waals surface area contributed by atoms with Crippen LogP contribution in [0.1, 0.15) is 35.1 Å². The van der Waals surface area contributed by atoms with Gasteiger partial charge in [-0.05, 0) is 65.4 Å². The average Bonchev–Trinajstić information content (AvgIpc) is 3.10. The number of benzene rings is 3. The van der Waals surface area contributed by atoms with Crippen molar-refractivity contribution in [2.75, 3.05) is 18.0 Å². The Morgan fingerprint density at radius 2 is 1.79 bits per heavy atom. The number of ether oxygens (including phenoxy) is 1. The molecule has 0 radical (unpaired) electrons. The van der Waals surface area contributed by atoms with E-state index in [0.29, 0.717) is 47.7 Å². The Hall–Kier alpha value is -5.89. The lowest BCUT2D eigenvalue weighted by Gasteiger charge is -2.34. The van der Waals surface area contributed by atoms with Gasteiger partial charge in [-0.1, -0.05) is 36.4 Å². The van der Waals surface area contributed by atoms with E-state index in [1.165, 1.54) is 42.6 Å².